The molecule has 1 aliphatic rings. The Kier molecular flexibility index (Phi) is 8.55. The third-order valence-electron chi connectivity index (χ3n) is 13.4. The van der Waals surface area contributed by atoms with Crippen molar-refractivity contribution in [3.8, 4) is 50.2 Å². The van der Waals surface area contributed by atoms with Crippen LogP contribution >= 0.6 is 0 Å². The third-order valence-corrected chi connectivity index (χ3v) is 13.4. The molecule has 0 unspecified atom stereocenters. The van der Waals surface area contributed by atoms with Crippen LogP contribution in [0.1, 0.15) is 25.0 Å². The van der Waals surface area contributed by atoms with E-state index in [4.69, 9.17) is 0 Å². The quantitative estimate of drug-likeness (QED) is 0.156. The summed E-state index contributed by atoms with van der Waals surface area (Å²) in [7, 11) is 0. The molecule has 10 aromatic carbocycles. The minimum atomic E-state index is -0.162. The largest absolute Gasteiger partial charge is 0.310 e. The van der Waals surface area contributed by atoms with Crippen molar-refractivity contribution in [2.45, 2.75) is 19.3 Å². The zero-order valence-electron chi connectivity index (χ0n) is 35.3. The topological polar surface area (TPSA) is 8.17 Å². The van der Waals surface area contributed by atoms with E-state index < -0.39 is 0 Å². The summed E-state index contributed by atoms with van der Waals surface area (Å²) in [6.45, 7) is 4.74. The van der Waals surface area contributed by atoms with Crippen LogP contribution in [0.15, 0.2) is 231 Å². The molecule has 2 nitrogen and oxygen atoms in total. The first-order chi connectivity index (χ1) is 31.0. The molecule has 1 aliphatic carbocycles. The Bertz CT molecular complexity index is 3520. The lowest BCUT2D eigenvalue weighted by molar-refractivity contribution is 0.660. The van der Waals surface area contributed by atoms with Crippen LogP contribution in [0.2, 0.25) is 0 Å². The van der Waals surface area contributed by atoms with E-state index in [0.717, 1.165) is 22.7 Å². The molecule has 0 amide bonds. The van der Waals surface area contributed by atoms with E-state index in [2.05, 4.69) is 254 Å². The van der Waals surface area contributed by atoms with Crippen LogP contribution in [0, 0.1) is 0 Å². The van der Waals surface area contributed by atoms with Crippen molar-refractivity contribution in [1.82, 2.24) is 4.57 Å². The van der Waals surface area contributed by atoms with Gasteiger partial charge in [-0.1, -0.05) is 178 Å². The molecule has 0 radical (unpaired) electrons. The van der Waals surface area contributed by atoms with Gasteiger partial charge in [0, 0.05) is 38.8 Å². The molecular formula is C61H44N2. The Balaban J connectivity index is 0.948. The summed E-state index contributed by atoms with van der Waals surface area (Å²) in [5.74, 6) is 0. The van der Waals surface area contributed by atoms with E-state index in [1.54, 1.807) is 0 Å². The molecule has 1 heterocycles. The molecule has 1 aromatic heterocycles. The van der Waals surface area contributed by atoms with E-state index in [0.29, 0.717) is 0 Å². The van der Waals surface area contributed by atoms with Crippen LogP contribution < -0.4 is 4.90 Å². The smallest absolute Gasteiger partial charge is 0.0547 e. The van der Waals surface area contributed by atoms with Gasteiger partial charge < -0.3 is 9.47 Å². The van der Waals surface area contributed by atoms with Gasteiger partial charge in [0.1, 0.15) is 0 Å². The number of anilines is 3. The summed E-state index contributed by atoms with van der Waals surface area (Å²) in [5, 5.41) is 5.02. The van der Waals surface area contributed by atoms with Crippen molar-refractivity contribution in [1.29, 1.82) is 0 Å². The Morgan fingerprint density at radius 1 is 0.349 bits per heavy atom. The number of aromatic nitrogens is 1. The highest BCUT2D eigenvalue weighted by Gasteiger charge is 2.36. The molecule has 0 spiro atoms. The zero-order chi connectivity index (χ0) is 42.1. The normalized spacial score (nSPS) is 12.7. The molecule has 0 aliphatic heterocycles. The molecule has 0 saturated heterocycles. The molecule has 12 rings (SSSR count). The molecule has 0 atom stereocenters. The van der Waals surface area contributed by atoms with Crippen LogP contribution in [0.25, 0.3) is 82.8 Å². The van der Waals surface area contributed by atoms with Crippen LogP contribution in [-0.4, -0.2) is 4.57 Å². The fourth-order valence-corrected chi connectivity index (χ4v) is 10.3. The lowest BCUT2D eigenvalue weighted by atomic mass is 9.81. The van der Waals surface area contributed by atoms with Crippen molar-refractivity contribution in [2.75, 3.05) is 4.90 Å². The van der Waals surface area contributed by atoms with E-state index in [1.165, 1.54) is 88.2 Å². The maximum atomic E-state index is 2.46. The summed E-state index contributed by atoms with van der Waals surface area (Å²) < 4.78 is 2.46. The highest BCUT2D eigenvalue weighted by molar-refractivity contribution is 6.16. The van der Waals surface area contributed by atoms with Gasteiger partial charge in [0.25, 0.3) is 0 Å². The van der Waals surface area contributed by atoms with E-state index in [1.807, 2.05) is 0 Å². The summed E-state index contributed by atoms with van der Waals surface area (Å²) in [6.07, 6.45) is 0. The van der Waals surface area contributed by atoms with Gasteiger partial charge in [-0.2, -0.15) is 0 Å². The number of para-hydroxylation sites is 3. The Morgan fingerprint density at radius 2 is 0.937 bits per heavy atom. The number of hydrogen-bond acceptors (Lipinski definition) is 1. The Labute approximate surface area is 368 Å². The van der Waals surface area contributed by atoms with Crippen molar-refractivity contribution < 1.29 is 0 Å². The van der Waals surface area contributed by atoms with Gasteiger partial charge in [-0.25, -0.2) is 0 Å². The Morgan fingerprint density at radius 3 is 1.76 bits per heavy atom. The summed E-state index contributed by atoms with van der Waals surface area (Å²) in [4.78, 5) is 2.39. The van der Waals surface area contributed by atoms with Gasteiger partial charge in [-0.15, -0.1) is 0 Å². The fraction of sp³-hybridized carbons (Fsp3) is 0.0492. The average molecular weight is 805 g/mol. The van der Waals surface area contributed by atoms with E-state index in [-0.39, 0.29) is 5.41 Å². The van der Waals surface area contributed by atoms with Crippen molar-refractivity contribution >= 4 is 49.6 Å². The molecule has 0 saturated carbocycles. The second kappa shape index (κ2) is 14.6. The molecular weight excluding hydrogens is 761 g/mol. The number of hydrogen-bond donors (Lipinski definition) is 0. The van der Waals surface area contributed by atoms with Crippen molar-refractivity contribution in [3.05, 3.63) is 242 Å². The monoisotopic (exact) mass is 804 g/mol. The van der Waals surface area contributed by atoms with Gasteiger partial charge in [0.15, 0.2) is 0 Å². The summed E-state index contributed by atoms with van der Waals surface area (Å²) in [5.41, 5.74) is 19.4. The molecule has 0 N–H and O–H groups in total. The standard InChI is InChI=1S/C61H44N2/c1-61(2)55-39-45(41-16-5-3-6-17-41)32-36-52(55)53-37-35-49(40-56(53)61)62(47-20-7-4-8-21-47)48-33-30-43(31-34-48)50-22-11-13-25-57(50)63-58-26-14-12-23-54(58)60-51(24-15-27-59(60)63)46-29-28-42-18-9-10-19-44(42)38-46/h3-40H,1-2H3. The molecule has 11 aromatic rings. The first-order valence-corrected chi connectivity index (χ1v) is 21.9. The second-order valence-corrected chi connectivity index (χ2v) is 17.3. The lowest BCUT2D eigenvalue weighted by Crippen LogP contribution is -2.16. The van der Waals surface area contributed by atoms with Crippen LogP contribution in [0.3, 0.4) is 0 Å². The number of fused-ring (bicyclic) bond motifs is 7. The minimum absolute atomic E-state index is 0.162. The average Bonchev–Trinajstić information content (AvgIpc) is 3.80. The zero-order valence-corrected chi connectivity index (χ0v) is 35.3. The number of benzene rings is 10. The van der Waals surface area contributed by atoms with Crippen LogP contribution in [-0.2, 0) is 5.41 Å². The van der Waals surface area contributed by atoms with Crippen molar-refractivity contribution in [3.63, 3.8) is 0 Å². The highest BCUT2D eigenvalue weighted by atomic mass is 15.1. The molecule has 0 bridgehead atoms. The first kappa shape index (κ1) is 36.9. The van der Waals surface area contributed by atoms with Gasteiger partial charge in [0.2, 0.25) is 0 Å². The molecule has 63 heavy (non-hydrogen) atoms. The van der Waals surface area contributed by atoms with E-state index >= 15 is 0 Å². The molecule has 0 fully saturated rings. The Hall–Kier alpha value is -7.94. The SMILES string of the molecule is CC1(C)c2cc(-c3ccccc3)ccc2-c2ccc(N(c3ccccc3)c3ccc(-c4ccccc4-n4c5ccccc5c5c(-c6ccc7ccccc7c6)cccc54)cc3)cc21. The molecule has 298 valence electrons. The van der Waals surface area contributed by atoms with Gasteiger partial charge in [-0.3, -0.25) is 0 Å². The third kappa shape index (κ3) is 6.02. The maximum Gasteiger partial charge on any atom is 0.0547 e. The van der Waals surface area contributed by atoms with Gasteiger partial charge >= 0.3 is 0 Å². The number of rotatable bonds is 7. The number of nitrogens with zero attached hydrogens (tertiary/aromatic N) is 2. The summed E-state index contributed by atoms with van der Waals surface area (Å²) >= 11 is 0. The van der Waals surface area contributed by atoms with Crippen molar-refractivity contribution in [2.24, 2.45) is 0 Å². The van der Waals surface area contributed by atoms with Crippen LogP contribution in [0.4, 0.5) is 17.1 Å². The predicted molar refractivity (Wildman–Crippen MR) is 267 cm³/mol. The maximum absolute atomic E-state index is 2.46. The predicted octanol–water partition coefficient (Wildman–Crippen LogP) is 16.7. The lowest BCUT2D eigenvalue weighted by Gasteiger charge is -2.28. The van der Waals surface area contributed by atoms with Crippen LogP contribution in [0.5, 0.6) is 0 Å². The van der Waals surface area contributed by atoms with Gasteiger partial charge in [0.05, 0.1) is 16.7 Å². The molecule has 2 heteroatoms. The van der Waals surface area contributed by atoms with E-state index in [9.17, 15) is 0 Å². The van der Waals surface area contributed by atoms with Gasteiger partial charge in [-0.05, 0) is 128 Å². The fourth-order valence-electron chi connectivity index (χ4n) is 10.3. The highest BCUT2D eigenvalue weighted by Crippen LogP contribution is 2.52. The second-order valence-electron chi connectivity index (χ2n) is 17.3. The summed E-state index contributed by atoms with van der Waals surface area (Å²) in [6, 6.07) is 84.5. The first-order valence-electron chi connectivity index (χ1n) is 21.9. The minimum Gasteiger partial charge on any atom is -0.310 e.